The minimum atomic E-state index is -0.298. The minimum absolute atomic E-state index is 0.298. The maximum absolute atomic E-state index is 9.03. The summed E-state index contributed by atoms with van der Waals surface area (Å²) >= 11 is 1.99. The molecule has 0 aromatic carbocycles. The fourth-order valence-corrected chi connectivity index (χ4v) is 2.49. The molecular weight excluding hydrogens is 156 g/mol. The van der Waals surface area contributed by atoms with Crippen molar-refractivity contribution in [2.45, 2.75) is 37.5 Å². The Labute approximate surface area is 72.9 Å². The molecular formula is C9H16OS. The van der Waals surface area contributed by atoms with Crippen molar-refractivity contribution in [1.29, 1.82) is 0 Å². The highest BCUT2D eigenvalue weighted by molar-refractivity contribution is 8.01. The van der Waals surface area contributed by atoms with Gasteiger partial charge >= 0.3 is 0 Å². The van der Waals surface area contributed by atoms with E-state index in [0.29, 0.717) is 4.75 Å². The van der Waals surface area contributed by atoms with E-state index >= 15 is 0 Å². The Morgan fingerprint density at radius 1 is 1.64 bits per heavy atom. The van der Waals surface area contributed by atoms with Crippen molar-refractivity contribution in [2.24, 2.45) is 0 Å². The molecule has 1 rings (SSSR count). The standard InChI is InChI=1S/C9H16OS/c1-8(10)4-6-9(2)5-3-7-11-9/h4,6,8,10H,3,5,7H2,1-2H3/b6-4+. The van der Waals surface area contributed by atoms with Crippen LogP contribution < -0.4 is 0 Å². The molecule has 1 heterocycles. The van der Waals surface area contributed by atoms with Crippen LogP contribution in [0.2, 0.25) is 0 Å². The third kappa shape index (κ3) is 2.88. The van der Waals surface area contributed by atoms with Gasteiger partial charge in [-0.25, -0.2) is 0 Å². The zero-order valence-electron chi connectivity index (χ0n) is 7.21. The van der Waals surface area contributed by atoms with Gasteiger partial charge in [-0.15, -0.1) is 0 Å². The van der Waals surface area contributed by atoms with E-state index in [4.69, 9.17) is 5.11 Å². The van der Waals surface area contributed by atoms with Crippen molar-refractivity contribution < 1.29 is 5.11 Å². The molecule has 0 bridgehead atoms. The van der Waals surface area contributed by atoms with Gasteiger partial charge in [-0.05, 0) is 32.4 Å². The third-order valence-electron chi connectivity index (χ3n) is 1.98. The lowest BCUT2D eigenvalue weighted by atomic mass is 10.0. The van der Waals surface area contributed by atoms with Crippen molar-refractivity contribution in [2.75, 3.05) is 5.75 Å². The average Bonchev–Trinajstić information content (AvgIpc) is 2.33. The normalized spacial score (nSPS) is 34.8. The Balaban J connectivity index is 2.45. The van der Waals surface area contributed by atoms with Gasteiger partial charge in [0.05, 0.1) is 6.10 Å². The zero-order chi connectivity index (χ0) is 8.32. The van der Waals surface area contributed by atoms with Crippen LogP contribution in [-0.4, -0.2) is 21.7 Å². The molecule has 0 aromatic heterocycles. The Kier molecular flexibility index (Phi) is 3.02. The second-order valence-corrected chi connectivity index (χ2v) is 4.99. The van der Waals surface area contributed by atoms with Gasteiger partial charge < -0.3 is 5.11 Å². The van der Waals surface area contributed by atoms with E-state index in [9.17, 15) is 0 Å². The van der Waals surface area contributed by atoms with Crippen LogP contribution in [0.25, 0.3) is 0 Å². The molecule has 0 spiro atoms. The summed E-state index contributed by atoms with van der Waals surface area (Å²) < 4.78 is 0.303. The van der Waals surface area contributed by atoms with E-state index < -0.39 is 0 Å². The fourth-order valence-electron chi connectivity index (χ4n) is 1.27. The highest BCUT2D eigenvalue weighted by Gasteiger charge is 2.25. The summed E-state index contributed by atoms with van der Waals surface area (Å²) in [6.07, 6.45) is 6.30. The van der Waals surface area contributed by atoms with Crippen molar-refractivity contribution in [1.82, 2.24) is 0 Å². The van der Waals surface area contributed by atoms with E-state index in [2.05, 4.69) is 13.0 Å². The first-order valence-electron chi connectivity index (χ1n) is 4.14. The SMILES string of the molecule is CC(O)/C=C/C1(C)CCCS1. The molecule has 1 aliphatic rings. The van der Waals surface area contributed by atoms with Crippen molar-refractivity contribution in [3.63, 3.8) is 0 Å². The van der Waals surface area contributed by atoms with E-state index in [0.717, 1.165) is 0 Å². The number of hydrogen-bond acceptors (Lipinski definition) is 2. The smallest absolute Gasteiger partial charge is 0.0693 e. The first kappa shape index (κ1) is 9.14. The molecule has 0 radical (unpaired) electrons. The van der Waals surface area contributed by atoms with Crippen molar-refractivity contribution >= 4 is 11.8 Å². The largest absolute Gasteiger partial charge is 0.389 e. The molecule has 0 aromatic rings. The van der Waals surface area contributed by atoms with E-state index in [-0.39, 0.29) is 6.10 Å². The monoisotopic (exact) mass is 172 g/mol. The Morgan fingerprint density at radius 3 is 2.82 bits per heavy atom. The predicted molar refractivity (Wildman–Crippen MR) is 50.9 cm³/mol. The quantitative estimate of drug-likeness (QED) is 0.644. The topological polar surface area (TPSA) is 20.2 Å². The Hall–Kier alpha value is 0.0500. The lowest BCUT2D eigenvalue weighted by Gasteiger charge is -2.17. The lowest BCUT2D eigenvalue weighted by molar-refractivity contribution is 0.243. The van der Waals surface area contributed by atoms with Gasteiger partial charge in [-0.2, -0.15) is 11.8 Å². The number of rotatable bonds is 2. The van der Waals surface area contributed by atoms with Gasteiger partial charge in [0.15, 0.2) is 0 Å². The van der Waals surface area contributed by atoms with Gasteiger partial charge in [0.1, 0.15) is 0 Å². The van der Waals surface area contributed by atoms with Crippen molar-refractivity contribution in [3.05, 3.63) is 12.2 Å². The molecule has 1 N–H and O–H groups in total. The van der Waals surface area contributed by atoms with Gasteiger partial charge in [0.2, 0.25) is 0 Å². The molecule has 1 saturated heterocycles. The summed E-state index contributed by atoms with van der Waals surface area (Å²) in [7, 11) is 0. The van der Waals surface area contributed by atoms with Crippen LogP contribution in [0.5, 0.6) is 0 Å². The molecule has 11 heavy (non-hydrogen) atoms. The molecule has 1 aliphatic heterocycles. The van der Waals surface area contributed by atoms with Crippen LogP contribution in [0.15, 0.2) is 12.2 Å². The third-order valence-corrected chi connectivity index (χ3v) is 3.47. The molecule has 0 saturated carbocycles. The second-order valence-electron chi connectivity index (χ2n) is 3.36. The van der Waals surface area contributed by atoms with Crippen molar-refractivity contribution in [3.8, 4) is 0 Å². The van der Waals surface area contributed by atoms with E-state index in [1.54, 1.807) is 6.92 Å². The Morgan fingerprint density at radius 2 is 2.36 bits per heavy atom. The van der Waals surface area contributed by atoms with Crippen LogP contribution in [0, 0.1) is 0 Å². The molecule has 1 nitrogen and oxygen atoms in total. The number of thioether (sulfide) groups is 1. The van der Waals surface area contributed by atoms with Gasteiger partial charge in [0, 0.05) is 4.75 Å². The fraction of sp³-hybridized carbons (Fsp3) is 0.778. The zero-order valence-corrected chi connectivity index (χ0v) is 8.03. The number of aliphatic hydroxyl groups excluding tert-OH is 1. The van der Waals surface area contributed by atoms with Crippen LogP contribution in [0.1, 0.15) is 26.7 Å². The van der Waals surface area contributed by atoms with Crippen LogP contribution in [0.4, 0.5) is 0 Å². The maximum atomic E-state index is 9.03. The maximum Gasteiger partial charge on any atom is 0.0693 e. The molecule has 64 valence electrons. The Bertz CT molecular complexity index is 146. The summed E-state index contributed by atoms with van der Waals surface area (Å²) in [6, 6.07) is 0. The molecule has 2 heteroatoms. The summed E-state index contributed by atoms with van der Waals surface area (Å²) in [6.45, 7) is 4.03. The summed E-state index contributed by atoms with van der Waals surface area (Å²) in [5.74, 6) is 1.26. The molecule has 1 fully saturated rings. The number of aliphatic hydroxyl groups is 1. The molecule has 2 atom stereocenters. The van der Waals surface area contributed by atoms with Gasteiger partial charge in [0.25, 0.3) is 0 Å². The lowest BCUT2D eigenvalue weighted by Crippen LogP contribution is -2.11. The first-order chi connectivity index (χ1) is 5.12. The van der Waals surface area contributed by atoms with E-state index in [1.807, 2.05) is 17.8 Å². The summed E-state index contributed by atoms with van der Waals surface area (Å²) in [5.41, 5.74) is 0. The first-order valence-corrected chi connectivity index (χ1v) is 5.12. The van der Waals surface area contributed by atoms with Crippen LogP contribution in [-0.2, 0) is 0 Å². The number of hydrogen-bond donors (Lipinski definition) is 1. The van der Waals surface area contributed by atoms with Crippen LogP contribution >= 0.6 is 11.8 Å². The van der Waals surface area contributed by atoms with Crippen LogP contribution in [0.3, 0.4) is 0 Å². The minimum Gasteiger partial charge on any atom is -0.389 e. The van der Waals surface area contributed by atoms with Gasteiger partial charge in [-0.3, -0.25) is 0 Å². The summed E-state index contributed by atoms with van der Waals surface area (Å²) in [4.78, 5) is 0. The highest BCUT2D eigenvalue weighted by Crippen LogP contribution is 2.38. The molecule has 0 amide bonds. The molecule has 0 aliphatic carbocycles. The summed E-state index contributed by atoms with van der Waals surface area (Å²) in [5, 5.41) is 9.03. The van der Waals surface area contributed by atoms with Gasteiger partial charge in [-0.1, -0.05) is 12.2 Å². The highest BCUT2D eigenvalue weighted by atomic mass is 32.2. The van der Waals surface area contributed by atoms with E-state index in [1.165, 1.54) is 18.6 Å². The molecule has 2 unspecified atom stereocenters. The second kappa shape index (κ2) is 3.63. The average molecular weight is 172 g/mol. The predicted octanol–water partition coefficient (Wildman–Crippen LogP) is 2.21.